The summed E-state index contributed by atoms with van der Waals surface area (Å²) in [6, 6.07) is 7.57. The number of amidine groups is 1. The van der Waals surface area contributed by atoms with Crippen LogP contribution in [-0.2, 0) is 19.1 Å². The zero-order valence-electron chi connectivity index (χ0n) is 18.0. The molecule has 31 heavy (non-hydrogen) atoms. The molecule has 1 aromatic carbocycles. The van der Waals surface area contributed by atoms with Gasteiger partial charge in [0.1, 0.15) is 6.61 Å². The third-order valence-corrected chi connectivity index (χ3v) is 5.80. The van der Waals surface area contributed by atoms with Crippen LogP contribution in [0, 0.1) is 6.92 Å². The van der Waals surface area contributed by atoms with E-state index in [9.17, 15) is 9.59 Å². The van der Waals surface area contributed by atoms with E-state index in [0.29, 0.717) is 24.4 Å². The number of methoxy groups -OCH3 is 1. The van der Waals surface area contributed by atoms with Crippen molar-refractivity contribution in [2.75, 3.05) is 26.9 Å². The first-order valence-electron chi connectivity index (χ1n) is 10.0. The van der Waals surface area contributed by atoms with Crippen LogP contribution in [0.25, 0.3) is 0 Å². The predicted octanol–water partition coefficient (Wildman–Crippen LogP) is 3.45. The summed E-state index contributed by atoms with van der Waals surface area (Å²) in [7, 11) is 1.59. The quantitative estimate of drug-likeness (QED) is 0.359. The third-order valence-electron chi connectivity index (χ3n) is 4.92. The number of nitrogens with one attached hydrogen (secondary N) is 1. The predicted molar refractivity (Wildman–Crippen MR) is 122 cm³/mol. The monoisotopic (exact) mass is 441 g/mol. The molecule has 8 heteroatoms. The van der Waals surface area contributed by atoms with Gasteiger partial charge in [-0.25, -0.2) is 9.79 Å². The Labute approximate surface area is 186 Å². The summed E-state index contributed by atoms with van der Waals surface area (Å²) in [5, 5.41) is 5.50. The number of aliphatic imine (C=N–C) groups is 1. The molecule has 7 nitrogen and oxygen atoms in total. The van der Waals surface area contributed by atoms with Crippen LogP contribution in [0.15, 0.2) is 64.3 Å². The molecule has 2 aliphatic rings. The van der Waals surface area contributed by atoms with Crippen LogP contribution >= 0.6 is 11.8 Å². The standard InChI is InChI=1S/C23H27N3O4S/c1-5-11-30-22(28)20-16(3)25-23-26(21(20)17-8-6-15(2)7-9-17)18(14-31-23)13-19(27)24-10-12-29-4/h5-9,14,21H,1,10-13H2,2-4H3,(H,24,27). The Morgan fingerprint density at radius 3 is 2.71 bits per heavy atom. The van der Waals surface area contributed by atoms with E-state index in [0.717, 1.165) is 22.0 Å². The van der Waals surface area contributed by atoms with Crippen molar-refractivity contribution in [3.05, 3.63) is 70.4 Å². The number of allylic oxidation sites excluding steroid dienone is 1. The minimum absolute atomic E-state index is 0.116. The van der Waals surface area contributed by atoms with Crippen molar-refractivity contribution in [3.8, 4) is 0 Å². The average molecular weight is 442 g/mol. The minimum Gasteiger partial charge on any atom is -0.458 e. The zero-order valence-corrected chi connectivity index (χ0v) is 18.8. The second-order valence-electron chi connectivity index (χ2n) is 7.21. The van der Waals surface area contributed by atoms with E-state index in [1.165, 1.54) is 17.8 Å². The Kier molecular flexibility index (Phi) is 7.70. The van der Waals surface area contributed by atoms with E-state index in [4.69, 9.17) is 9.47 Å². The van der Waals surface area contributed by atoms with Gasteiger partial charge in [-0.1, -0.05) is 54.2 Å². The number of fused-ring (bicyclic) bond motifs is 1. The molecule has 1 N–H and O–H groups in total. The Morgan fingerprint density at radius 1 is 1.29 bits per heavy atom. The number of carbonyl (C=O) groups excluding carboxylic acids is 2. The molecule has 1 aromatic rings. The lowest BCUT2D eigenvalue weighted by molar-refractivity contribution is -0.138. The maximum absolute atomic E-state index is 13.0. The molecular formula is C23H27N3O4S. The Hall–Kier alpha value is -2.84. The molecule has 2 heterocycles. The van der Waals surface area contributed by atoms with Gasteiger partial charge in [0.05, 0.1) is 30.3 Å². The van der Waals surface area contributed by atoms with Crippen LogP contribution in [0.4, 0.5) is 0 Å². The zero-order chi connectivity index (χ0) is 22.4. The Bertz CT molecular complexity index is 950. The molecule has 0 radical (unpaired) electrons. The maximum Gasteiger partial charge on any atom is 0.338 e. The summed E-state index contributed by atoms with van der Waals surface area (Å²) in [6.07, 6.45) is 1.71. The number of nitrogens with zero attached hydrogens (tertiary/aromatic N) is 2. The van der Waals surface area contributed by atoms with E-state index < -0.39 is 12.0 Å². The number of aryl methyl sites for hydroxylation is 1. The van der Waals surface area contributed by atoms with Gasteiger partial charge in [-0.15, -0.1) is 0 Å². The number of thioether (sulfide) groups is 1. The van der Waals surface area contributed by atoms with E-state index in [-0.39, 0.29) is 18.9 Å². The number of carbonyl (C=O) groups is 2. The molecular weight excluding hydrogens is 414 g/mol. The van der Waals surface area contributed by atoms with Gasteiger partial charge in [0.25, 0.3) is 0 Å². The number of hydrogen-bond donors (Lipinski definition) is 1. The summed E-state index contributed by atoms with van der Waals surface area (Å²) >= 11 is 1.45. The molecule has 2 aliphatic heterocycles. The van der Waals surface area contributed by atoms with Crippen molar-refractivity contribution in [3.63, 3.8) is 0 Å². The summed E-state index contributed by atoms with van der Waals surface area (Å²) in [5.74, 6) is -0.554. The molecule has 0 fully saturated rings. The molecule has 1 amide bonds. The summed E-state index contributed by atoms with van der Waals surface area (Å²) in [5.41, 5.74) is 3.90. The lowest BCUT2D eigenvalue weighted by Crippen LogP contribution is -2.38. The van der Waals surface area contributed by atoms with Crippen molar-refractivity contribution >= 4 is 28.8 Å². The van der Waals surface area contributed by atoms with Crippen LogP contribution in [0.5, 0.6) is 0 Å². The van der Waals surface area contributed by atoms with Crippen molar-refractivity contribution < 1.29 is 19.1 Å². The number of rotatable bonds is 9. The van der Waals surface area contributed by atoms with Gasteiger partial charge in [0.15, 0.2) is 5.17 Å². The summed E-state index contributed by atoms with van der Waals surface area (Å²) < 4.78 is 10.4. The van der Waals surface area contributed by atoms with E-state index >= 15 is 0 Å². The first kappa shape index (κ1) is 22.8. The smallest absolute Gasteiger partial charge is 0.338 e. The number of ether oxygens (including phenoxy) is 2. The molecule has 0 aromatic heterocycles. The molecule has 0 saturated heterocycles. The first-order valence-corrected chi connectivity index (χ1v) is 10.9. The van der Waals surface area contributed by atoms with Crippen LogP contribution in [0.1, 0.15) is 30.5 Å². The number of hydrogen-bond acceptors (Lipinski definition) is 7. The second kappa shape index (κ2) is 10.5. The lowest BCUT2D eigenvalue weighted by Gasteiger charge is -2.36. The number of amides is 1. The third kappa shape index (κ3) is 5.26. The normalized spacial score (nSPS) is 17.6. The van der Waals surface area contributed by atoms with Gasteiger partial charge in [-0.2, -0.15) is 0 Å². The molecule has 1 unspecified atom stereocenters. The SMILES string of the molecule is C=CCOC(=O)C1=C(C)N=C2SC=C(CC(=O)NCCOC)N2C1c1ccc(C)cc1. The molecule has 0 spiro atoms. The van der Waals surface area contributed by atoms with Crippen molar-refractivity contribution in [2.24, 2.45) is 4.99 Å². The van der Waals surface area contributed by atoms with Crippen LogP contribution in [-0.4, -0.2) is 48.8 Å². The molecule has 0 bridgehead atoms. The van der Waals surface area contributed by atoms with Gasteiger partial charge in [0, 0.05) is 19.4 Å². The first-order chi connectivity index (χ1) is 15.0. The number of benzene rings is 1. The second-order valence-corrected chi connectivity index (χ2v) is 8.05. The van der Waals surface area contributed by atoms with Crippen LogP contribution in [0.2, 0.25) is 0 Å². The highest BCUT2D eigenvalue weighted by atomic mass is 32.2. The average Bonchev–Trinajstić information content (AvgIpc) is 3.13. The van der Waals surface area contributed by atoms with Gasteiger partial charge < -0.3 is 19.7 Å². The summed E-state index contributed by atoms with van der Waals surface area (Å²) in [4.78, 5) is 32.0. The minimum atomic E-state index is -0.438. The van der Waals surface area contributed by atoms with E-state index in [1.54, 1.807) is 7.11 Å². The summed E-state index contributed by atoms with van der Waals surface area (Å²) in [6.45, 7) is 8.45. The van der Waals surface area contributed by atoms with Crippen LogP contribution < -0.4 is 5.32 Å². The van der Waals surface area contributed by atoms with Gasteiger partial charge in [-0.05, 0) is 24.8 Å². The molecule has 164 valence electrons. The fourth-order valence-electron chi connectivity index (χ4n) is 3.43. The fourth-order valence-corrected chi connectivity index (χ4v) is 4.39. The Morgan fingerprint density at radius 2 is 2.03 bits per heavy atom. The number of esters is 1. The molecule has 0 aliphatic carbocycles. The lowest BCUT2D eigenvalue weighted by atomic mass is 9.93. The topological polar surface area (TPSA) is 80.2 Å². The fraction of sp³-hybridized carbons (Fsp3) is 0.348. The largest absolute Gasteiger partial charge is 0.458 e. The van der Waals surface area contributed by atoms with Crippen LogP contribution in [0.3, 0.4) is 0 Å². The van der Waals surface area contributed by atoms with Gasteiger partial charge in [0.2, 0.25) is 5.91 Å². The van der Waals surface area contributed by atoms with Crippen molar-refractivity contribution in [1.29, 1.82) is 0 Å². The highest BCUT2D eigenvalue weighted by Gasteiger charge is 2.41. The van der Waals surface area contributed by atoms with Gasteiger partial charge >= 0.3 is 5.97 Å². The molecule has 3 rings (SSSR count). The van der Waals surface area contributed by atoms with Crippen molar-refractivity contribution in [1.82, 2.24) is 10.2 Å². The van der Waals surface area contributed by atoms with Gasteiger partial charge in [-0.3, -0.25) is 4.79 Å². The molecule has 0 saturated carbocycles. The van der Waals surface area contributed by atoms with Crippen molar-refractivity contribution in [2.45, 2.75) is 26.3 Å². The maximum atomic E-state index is 13.0. The Balaban J connectivity index is 1.95. The van der Waals surface area contributed by atoms with E-state index in [2.05, 4.69) is 16.9 Å². The molecule has 1 atom stereocenters. The highest BCUT2D eigenvalue weighted by Crippen LogP contribution is 2.44. The van der Waals surface area contributed by atoms with E-state index in [1.807, 2.05) is 48.4 Å². The highest BCUT2D eigenvalue weighted by molar-refractivity contribution is 8.16.